The van der Waals surface area contributed by atoms with Crippen LogP contribution in [0.1, 0.15) is 20.8 Å². The summed E-state index contributed by atoms with van der Waals surface area (Å²) in [5.74, 6) is 0. The summed E-state index contributed by atoms with van der Waals surface area (Å²) in [6.07, 6.45) is 0. The maximum atomic E-state index is 5.07. The predicted molar refractivity (Wildman–Crippen MR) is 83.3 cm³/mol. The molecule has 0 radical (unpaired) electrons. The van der Waals surface area contributed by atoms with Gasteiger partial charge in [0.05, 0.1) is 0 Å². The second-order valence-electron chi connectivity index (χ2n) is 1.97. The van der Waals surface area contributed by atoms with Gasteiger partial charge < -0.3 is 0 Å². The maximum absolute atomic E-state index is 5.07. The van der Waals surface area contributed by atoms with Crippen LogP contribution >= 0.6 is 63.2 Å². The van der Waals surface area contributed by atoms with E-state index in [0.29, 0.717) is 0 Å². The summed E-state index contributed by atoms with van der Waals surface area (Å²) in [4.78, 5) is 0. The number of hydrogen-bond donors (Lipinski definition) is 0. The summed E-state index contributed by atoms with van der Waals surface area (Å²) in [5.41, 5.74) is 0. The number of thiocarbonyl (C=S) groups is 3. The minimum absolute atomic E-state index is 1.01. The van der Waals surface area contributed by atoms with Gasteiger partial charge in [-0.3, -0.25) is 0 Å². The fourth-order valence-electron chi connectivity index (χ4n) is 0.371. The van der Waals surface area contributed by atoms with Crippen molar-refractivity contribution in [2.45, 2.75) is 20.8 Å². The molecule has 0 saturated heterocycles. The van der Waals surface area contributed by atoms with E-state index in [1.165, 1.54) is 0 Å². The van der Waals surface area contributed by atoms with Gasteiger partial charge in [0.2, 0.25) is 0 Å². The Morgan fingerprint density at radius 1 is 0.769 bits per heavy atom. The molecule has 0 aromatic carbocycles. The molecule has 0 aliphatic rings. The summed E-state index contributed by atoms with van der Waals surface area (Å²) >= 11 is 13.7. The van der Waals surface area contributed by atoms with E-state index in [0.717, 1.165) is 12.6 Å². The molecule has 7 heteroatoms. The van der Waals surface area contributed by atoms with Crippen LogP contribution in [-0.4, -0.2) is 28.6 Å². The van der Waals surface area contributed by atoms with Gasteiger partial charge in [0.15, 0.2) is 0 Å². The third-order valence-corrected chi connectivity index (χ3v) is 25.8. The van der Waals surface area contributed by atoms with Crippen LogP contribution < -0.4 is 0 Å². The van der Waals surface area contributed by atoms with Gasteiger partial charge in [0.1, 0.15) is 0 Å². The second-order valence-corrected chi connectivity index (χ2v) is 24.9. The summed E-state index contributed by atoms with van der Waals surface area (Å²) in [7, 11) is 5.47. The molecule has 74 valence electrons. The van der Waals surface area contributed by atoms with E-state index in [2.05, 4.69) is 0 Å². The van der Waals surface area contributed by atoms with Gasteiger partial charge in [-0.15, -0.1) is 0 Å². The molecule has 0 spiro atoms. The van der Waals surface area contributed by atoms with Gasteiger partial charge >= 0.3 is 113 Å². The molecule has 0 bridgehead atoms. The van der Waals surface area contributed by atoms with Crippen molar-refractivity contribution < 1.29 is 0 Å². The first-order valence-electron chi connectivity index (χ1n) is 3.27. The standard InChI is InChI=1S/3C2H4S2.Sb/c3*1-2(3)4;/h3*1H3,(H,3,4);/q;;;+3/p-3. The molecule has 0 atom stereocenters. The topological polar surface area (TPSA) is 0 Å². The molecule has 0 saturated carbocycles. The Labute approximate surface area is 111 Å². The van der Waals surface area contributed by atoms with E-state index in [9.17, 15) is 0 Å². The summed E-state index contributed by atoms with van der Waals surface area (Å²) < 4.78 is 3.03. The zero-order valence-corrected chi connectivity index (χ0v) is 14.8. The molecular weight excluding hydrogens is 386 g/mol. The van der Waals surface area contributed by atoms with Crippen molar-refractivity contribution in [3.63, 3.8) is 0 Å². The zero-order valence-electron chi connectivity index (χ0n) is 7.40. The van der Waals surface area contributed by atoms with Crippen LogP contribution in [0, 0.1) is 0 Å². The van der Waals surface area contributed by atoms with Crippen molar-refractivity contribution >= 4 is 91.8 Å². The Morgan fingerprint density at radius 2 is 1.00 bits per heavy atom. The molecule has 13 heavy (non-hydrogen) atoms. The Balaban J connectivity index is 4.10. The summed E-state index contributed by atoms with van der Waals surface area (Å²) in [5, 5.41) is 0. The van der Waals surface area contributed by atoms with Gasteiger partial charge in [0, 0.05) is 0 Å². The quantitative estimate of drug-likeness (QED) is 0.515. The Morgan fingerprint density at radius 3 is 1.15 bits per heavy atom. The average molecular weight is 395 g/mol. The predicted octanol–water partition coefficient (Wildman–Crippen LogP) is 4.21. The van der Waals surface area contributed by atoms with Crippen LogP contribution in [0.4, 0.5) is 0 Å². The first-order chi connectivity index (χ1) is 5.91. The molecule has 0 aliphatic heterocycles. The van der Waals surface area contributed by atoms with Crippen LogP contribution in [0.5, 0.6) is 0 Å². The molecule has 0 amide bonds. The third-order valence-electron chi connectivity index (χ3n) is 0.609. The van der Waals surface area contributed by atoms with E-state index in [1.54, 1.807) is 0 Å². The zero-order chi connectivity index (χ0) is 10.4. The first kappa shape index (κ1) is 15.1. The van der Waals surface area contributed by atoms with Crippen molar-refractivity contribution in [3.05, 3.63) is 0 Å². The molecule has 0 aliphatic carbocycles. The van der Waals surface area contributed by atoms with E-state index in [1.807, 2.05) is 47.3 Å². The molecule has 0 aromatic rings. The fraction of sp³-hybridized carbons (Fsp3) is 0.500. The van der Waals surface area contributed by atoms with E-state index in [-0.39, 0.29) is 0 Å². The molecule has 0 rings (SSSR count). The average Bonchev–Trinajstić information content (AvgIpc) is 1.80. The van der Waals surface area contributed by atoms with Crippen molar-refractivity contribution in [1.29, 1.82) is 0 Å². The van der Waals surface area contributed by atoms with Crippen LogP contribution in [0.2, 0.25) is 0 Å². The second kappa shape index (κ2) is 8.31. The molecule has 0 unspecified atom stereocenters. The van der Waals surface area contributed by atoms with E-state index >= 15 is 0 Å². The fourth-order valence-corrected chi connectivity index (χ4v) is 33.4. The van der Waals surface area contributed by atoms with Gasteiger partial charge in [0.25, 0.3) is 0 Å². The van der Waals surface area contributed by atoms with Crippen molar-refractivity contribution in [3.8, 4) is 0 Å². The van der Waals surface area contributed by atoms with Gasteiger partial charge in [-0.05, 0) is 0 Å². The van der Waals surface area contributed by atoms with Crippen LogP contribution in [0.15, 0.2) is 0 Å². The van der Waals surface area contributed by atoms with Crippen LogP contribution in [-0.2, 0) is 0 Å². The Bertz CT molecular complexity index is 187. The van der Waals surface area contributed by atoms with Gasteiger partial charge in [-0.1, -0.05) is 0 Å². The van der Waals surface area contributed by atoms with Crippen molar-refractivity contribution in [2.75, 3.05) is 0 Å². The van der Waals surface area contributed by atoms with Gasteiger partial charge in [-0.2, -0.15) is 0 Å². The first-order valence-corrected chi connectivity index (χ1v) is 16.2. The minimum atomic E-state index is -1.52. The Kier molecular flexibility index (Phi) is 9.68. The molecular formula is C6H9S6Sb. The number of rotatable bonds is 3. The van der Waals surface area contributed by atoms with Gasteiger partial charge in [-0.25, -0.2) is 0 Å². The molecule has 0 heterocycles. The molecule has 0 aromatic heterocycles. The molecule has 0 nitrogen and oxygen atoms in total. The molecule has 0 fully saturated rings. The monoisotopic (exact) mass is 394 g/mol. The summed E-state index contributed by atoms with van der Waals surface area (Å²) in [6, 6.07) is 0. The number of hydrogen-bond acceptors (Lipinski definition) is 6. The van der Waals surface area contributed by atoms with E-state index < -0.39 is 16.0 Å². The third kappa shape index (κ3) is 10.4. The normalized spacial score (nSPS) is 10.2. The van der Waals surface area contributed by atoms with Crippen molar-refractivity contribution in [1.82, 2.24) is 0 Å². The Hall–Kier alpha value is 2.14. The van der Waals surface area contributed by atoms with E-state index in [4.69, 9.17) is 36.7 Å². The SMILES string of the molecule is CC(=S)[S][Sb]([S]C(C)=S)[S]C(C)=S. The van der Waals surface area contributed by atoms with Crippen LogP contribution in [0.3, 0.4) is 0 Å². The molecule has 0 N–H and O–H groups in total. The van der Waals surface area contributed by atoms with Crippen LogP contribution in [0.25, 0.3) is 0 Å². The van der Waals surface area contributed by atoms with Crippen molar-refractivity contribution in [2.24, 2.45) is 0 Å². The summed E-state index contributed by atoms with van der Waals surface area (Å²) in [6.45, 7) is 5.90.